The van der Waals surface area contributed by atoms with Gasteiger partial charge in [0.2, 0.25) is 16.0 Å². The topological polar surface area (TPSA) is 118 Å². The van der Waals surface area contributed by atoms with Crippen molar-refractivity contribution in [1.82, 2.24) is 29.0 Å². The molecule has 10 nitrogen and oxygen atoms in total. The number of halogens is 1. The summed E-state index contributed by atoms with van der Waals surface area (Å²) in [6.07, 6.45) is 2.58. The third-order valence-corrected chi connectivity index (χ3v) is 7.47. The Morgan fingerprint density at radius 3 is 2.57 bits per heavy atom. The van der Waals surface area contributed by atoms with Crippen molar-refractivity contribution in [3.8, 4) is 5.69 Å². The molecule has 0 aliphatic carbocycles. The molecule has 1 aliphatic heterocycles. The largest absolute Gasteiger partial charge is 0.370 e. The highest BCUT2D eigenvalue weighted by Gasteiger charge is 2.34. The van der Waals surface area contributed by atoms with E-state index in [1.165, 1.54) is 27.6 Å². The van der Waals surface area contributed by atoms with E-state index >= 15 is 0 Å². The molecule has 0 bridgehead atoms. The zero-order valence-corrected chi connectivity index (χ0v) is 21.5. The number of hydrogen-bond donors (Lipinski definition) is 2. The Balaban J connectivity index is 1.56. The minimum Gasteiger partial charge on any atom is -0.370 e. The van der Waals surface area contributed by atoms with Gasteiger partial charge in [0, 0.05) is 36.8 Å². The van der Waals surface area contributed by atoms with Gasteiger partial charge in [-0.2, -0.15) is 14.4 Å². The monoisotopic (exact) mass is 522 g/mol. The molecule has 2 aromatic heterocycles. The molecule has 37 heavy (non-hydrogen) atoms. The average Bonchev–Trinajstić information content (AvgIpc) is 3.29. The van der Waals surface area contributed by atoms with Crippen LogP contribution in [0.3, 0.4) is 0 Å². The normalized spacial score (nSPS) is 15.8. The van der Waals surface area contributed by atoms with Gasteiger partial charge in [0.15, 0.2) is 5.82 Å². The number of aromatic nitrogens is 5. The lowest BCUT2D eigenvalue weighted by atomic mass is 9.89. The summed E-state index contributed by atoms with van der Waals surface area (Å²) in [5.74, 6) is 0.625. The van der Waals surface area contributed by atoms with Crippen LogP contribution in [-0.4, -0.2) is 56.8 Å². The Morgan fingerprint density at radius 1 is 1.14 bits per heavy atom. The quantitative estimate of drug-likeness (QED) is 0.378. The van der Waals surface area contributed by atoms with Gasteiger partial charge in [-0.05, 0) is 37.6 Å². The van der Waals surface area contributed by atoms with E-state index in [4.69, 9.17) is 4.98 Å². The van der Waals surface area contributed by atoms with Gasteiger partial charge in [0.05, 0.1) is 11.9 Å². The van der Waals surface area contributed by atoms with Crippen molar-refractivity contribution in [3.05, 3.63) is 83.3 Å². The Morgan fingerprint density at radius 2 is 1.92 bits per heavy atom. The molecule has 3 heterocycles. The van der Waals surface area contributed by atoms with Crippen LogP contribution in [0.4, 0.5) is 21.8 Å². The first-order valence-corrected chi connectivity index (χ1v) is 13.7. The number of nitrogens with one attached hydrogen (secondary N) is 2. The minimum absolute atomic E-state index is 0.167. The lowest BCUT2D eigenvalue weighted by molar-refractivity contribution is 0.370. The first-order chi connectivity index (χ1) is 17.7. The van der Waals surface area contributed by atoms with Crippen LogP contribution in [0, 0.1) is 12.7 Å². The summed E-state index contributed by atoms with van der Waals surface area (Å²) in [6.45, 7) is 4.70. The standard InChI is InChI=1S/C25H27FN8O2S/c1-4-27-24-20-14-33(37(3,35)36)13-19(17-8-6-5-7-9-17)23(20)31-25(32-24)30-18-10-11-22(21(26)12-18)34-16(2)28-15-29-34/h5-12,15,19H,4,13-14H2,1-3H3,(H2,27,30,31,32). The first-order valence-electron chi connectivity index (χ1n) is 11.8. The fraction of sp³-hybridized carbons (Fsp3) is 0.280. The zero-order chi connectivity index (χ0) is 26.2. The van der Waals surface area contributed by atoms with E-state index in [0.29, 0.717) is 23.9 Å². The minimum atomic E-state index is -3.45. The fourth-order valence-corrected chi connectivity index (χ4v) is 5.25. The number of anilines is 3. The van der Waals surface area contributed by atoms with Crippen LogP contribution in [0.1, 0.15) is 35.5 Å². The number of nitrogens with zero attached hydrogens (tertiary/aromatic N) is 6. The molecule has 2 N–H and O–H groups in total. The summed E-state index contributed by atoms with van der Waals surface area (Å²) in [4.78, 5) is 13.5. The van der Waals surface area contributed by atoms with E-state index in [-0.39, 0.29) is 30.6 Å². The van der Waals surface area contributed by atoms with Crippen molar-refractivity contribution < 1.29 is 12.8 Å². The molecule has 0 radical (unpaired) electrons. The molecular weight excluding hydrogens is 495 g/mol. The summed E-state index contributed by atoms with van der Waals surface area (Å²) >= 11 is 0. The van der Waals surface area contributed by atoms with Gasteiger partial charge in [-0.15, -0.1) is 0 Å². The van der Waals surface area contributed by atoms with Gasteiger partial charge in [0.25, 0.3) is 0 Å². The van der Waals surface area contributed by atoms with Gasteiger partial charge in [-0.25, -0.2) is 27.5 Å². The second kappa shape index (κ2) is 9.87. The molecule has 5 rings (SSSR count). The van der Waals surface area contributed by atoms with Crippen molar-refractivity contribution in [2.24, 2.45) is 0 Å². The number of aryl methyl sites for hydroxylation is 1. The van der Waals surface area contributed by atoms with Gasteiger partial charge in [-0.3, -0.25) is 0 Å². The van der Waals surface area contributed by atoms with E-state index < -0.39 is 15.8 Å². The maximum absolute atomic E-state index is 15.0. The molecule has 0 amide bonds. The van der Waals surface area contributed by atoms with Crippen LogP contribution in [0.25, 0.3) is 5.69 Å². The summed E-state index contributed by atoms with van der Waals surface area (Å²) in [7, 11) is -3.45. The van der Waals surface area contributed by atoms with Crippen molar-refractivity contribution in [3.63, 3.8) is 0 Å². The number of rotatable bonds is 7. The second-order valence-corrected chi connectivity index (χ2v) is 10.8. The van der Waals surface area contributed by atoms with Crippen LogP contribution in [0.5, 0.6) is 0 Å². The molecular formula is C25H27FN8O2S. The van der Waals surface area contributed by atoms with Crippen molar-refractivity contribution in [2.45, 2.75) is 26.3 Å². The van der Waals surface area contributed by atoms with Gasteiger partial charge in [0.1, 0.15) is 23.7 Å². The van der Waals surface area contributed by atoms with E-state index in [1.54, 1.807) is 19.1 Å². The van der Waals surface area contributed by atoms with Gasteiger partial charge in [-0.1, -0.05) is 30.3 Å². The lowest BCUT2D eigenvalue weighted by Gasteiger charge is -2.33. The maximum atomic E-state index is 15.0. The highest BCUT2D eigenvalue weighted by atomic mass is 32.2. The molecule has 0 spiro atoms. The molecule has 2 aromatic carbocycles. The third kappa shape index (κ3) is 5.02. The van der Waals surface area contributed by atoms with Gasteiger partial charge >= 0.3 is 0 Å². The van der Waals surface area contributed by atoms with Crippen molar-refractivity contribution >= 4 is 27.5 Å². The Kier molecular flexibility index (Phi) is 6.61. The molecule has 0 fully saturated rings. The third-order valence-electron chi connectivity index (χ3n) is 6.26. The SMILES string of the molecule is CCNc1nc(Nc2ccc(-n3ncnc3C)c(F)c2)nc2c1CN(S(C)(=O)=O)CC2c1ccccc1. The average molecular weight is 523 g/mol. The smallest absolute Gasteiger partial charge is 0.229 e. The van der Waals surface area contributed by atoms with E-state index in [1.807, 2.05) is 37.3 Å². The summed E-state index contributed by atoms with van der Waals surface area (Å²) in [6, 6.07) is 14.4. The number of sulfonamides is 1. The van der Waals surface area contributed by atoms with Crippen LogP contribution in [0.2, 0.25) is 0 Å². The molecule has 0 saturated carbocycles. The highest BCUT2D eigenvalue weighted by molar-refractivity contribution is 7.88. The fourth-order valence-electron chi connectivity index (χ4n) is 4.47. The van der Waals surface area contributed by atoms with E-state index in [0.717, 1.165) is 16.8 Å². The van der Waals surface area contributed by atoms with Gasteiger partial charge < -0.3 is 10.6 Å². The zero-order valence-electron chi connectivity index (χ0n) is 20.7. The summed E-state index contributed by atoms with van der Waals surface area (Å²) in [5.41, 5.74) is 3.15. The predicted molar refractivity (Wildman–Crippen MR) is 139 cm³/mol. The molecule has 0 saturated heterocycles. The first kappa shape index (κ1) is 24.8. The van der Waals surface area contributed by atoms with Crippen LogP contribution in [-0.2, 0) is 16.6 Å². The van der Waals surface area contributed by atoms with E-state index in [9.17, 15) is 12.8 Å². The summed E-state index contributed by atoms with van der Waals surface area (Å²) in [5, 5.41) is 10.4. The number of benzene rings is 2. The highest BCUT2D eigenvalue weighted by Crippen LogP contribution is 2.37. The van der Waals surface area contributed by atoms with Crippen LogP contribution < -0.4 is 10.6 Å². The van der Waals surface area contributed by atoms with E-state index in [2.05, 4.69) is 25.7 Å². The van der Waals surface area contributed by atoms with Crippen molar-refractivity contribution in [2.75, 3.05) is 30.0 Å². The number of fused-ring (bicyclic) bond motifs is 1. The Bertz CT molecular complexity index is 1540. The molecule has 1 aliphatic rings. The number of hydrogen-bond acceptors (Lipinski definition) is 8. The van der Waals surface area contributed by atoms with Crippen molar-refractivity contribution in [1.29, 1.82) is 0 Å². The predicted octanol–water partition coefficient (Wildman–Crippen LogP) is 3.59. The van der Waals surface area contributed by atoms with Crippen LogP contribution in [0.15, 0.2) is 54.9 Å². The van der Waals surface area contributed by atoms with Crippen LogP contribution >= 0.6 is 0 Å². The maximum Gasteiger partial charge on any atom is 0.229 e. The molecule has 1 atom stereocenters. The lowest BCUT2D eigenvalue weighted by Crippen LogP contribution is -2.39. The molecule has 4 aromatic rings. The molecule has 1 unspecified atom stereocenters. The molecule has 12 heteroatoms. The Labute approximate surface area is 214 Å². The summed E-state index contributed by atoms with van der Waals surface area (Å²) < 4.78 is 42.9. The Hall–Kier alpha value is -3.90. The second-order valence-electron chi connectivity index (χ2n) is 8.82. The molecule has 192 valence electrons.